The quantitative estimate of drug-likeness (QED) is 0.363. The number of carbonyl (C=O) groups is 4. The lowest BCUT2D eigenvalue weighted by Crippen LogP contribution is -2.33. The maximum atomic E-state index is 13.4. The summed E-state index contributed by atoms with van der Waals surface area (Å²) in [6, 6.07) is 10.6. The molecule has 0 atom stereocenters. The molecule has 0 spiro atoms. The largest absolute Gasteiger partial charge is 0.366 e. The molecule has 3 amide bonds. The number of primary amides is 1. The van der Waals surface area contributed by atoms with Crippen molar-refractivity contribution in [3.8, 4) is 0 Å². The van der Waals surface area contributed by atoms with Crippen LogP contribution in [0.3, 0.4) is 0 Å². The predicted molar refractivity (Wildman–Crippen MR) is 132 cm³/mol. The highest BCUT2D eigenvalue weighted by molar-refractivity contribution is 6.42. The Bertz CT molecular complexity index is 1300. The third kappa shape index (κ3) is 6.40. The zero-order valence-electron chi connectivity index (χ0n) is 18.9. The molecule has 11 heteroatoms. The fourth-order valence-electron chi connectivity index (χ4n) is 3.19. The SMILES string of the molecule is CN(C)C(=O)c1cc(C(N)=O)cc(N(Cc2ccc(Cl)c(Cl)c2)C(=O)CC(=O)c2ncccn2)c1. The number of hydrogen-bond acceptors (Lipinski definition) is 6. The topological polar surface area (TPSA) is 127 Å². The van der Waals surface area contributed by atoms with E-state index in [-0.39, 0.29) is 34.2 Å². The van der Waals surface area contributed by atoms with E-state index >= 15 is 0 Å². The fraction of sp³-hybridized carbons (Fsp3) is 0.167. The summed E-state index contributed by atoms with van der Waals surface area (Å²) in [7, 11) is 3.10. The van der Waals surface area contributed by atoms with Gasteiger partial charge in [-0.05, 0) is 42.0 Å². The van der Waals surface area contributed by atoms with Gasteiger partial charge in [0.15, 0.2) is 5.82 Å². The normalized spacial score (nSPS) is 10.5. The molecule has 180 valence electrons. The summed E-state index contributed by atoms with van der Waals surface area (Å²) >= 11 is 12.1. The molecular formula is C24H21Cl2N5O4. The first-order valence-corrected chi connectivity index (χ1v) is 11.0. The smallest absolute Gasteiger partial charge is 0.253 e. The molecular weight excluding hydrogens is 493 g/mol. The number of rotatable bonds is 8. The van der Waals surface area contributed by atoms with E-state index in [1.54, 1.807) is 38.4 Å². The average molecular weight is 514 g/mol. The summed E-state index contributed by atoms with van der Waals surface area (Å²) in [6.07, 6.45) is 2.24. The van der Waals surface area contributed by atoms with Crippen LogP contribution in [0.4, 0.5) is 5.69 Å². The second-order valence-corrected chi connectivity index (χ2v) is 8.55. The number of benzene rings is 2. The van der Waals surface area contributed by atoms with Crippen LogP contribution in [0.2, 0.25) is 10.0 Å². The lowest BCUT2D eigenvalue weighted by molar-refractivity contribution is -0.117. The van der Waals surface area contributed by atoms with Gasteiger partial charge in [-0.2, -0.15) is 0 Å². The van der Waals surface area contributed by atoms with Crippen LogP contribution in [0.25, 0.3) is 0 Å². The minimum Gasteiger partial charge on any atom is -0.366 e. The van der Waals surface area contributed by atoms with Gasteiger partial charge < -0.3 is 15.5 Å². The van der Waals surface area contributed by atoms with E-state index in [2.05, 4.69) is 9.97 Å². The van der Waals surface area contributed by atoms with Crippen molar-refractivity contribution in [1.29, 1.82) is 0 Å². The number of hydrogen-bond donors (Lipinski definition) is 1. The molecule has 0 aliphatic heterocycles. The highest BCUT2D eigenvalue weighted by Crippen LogP contribution is 2.27. The third-order valence-corrected chi connectivity index (χ3v) is 5.66. The molecule has 0 aliphatic rings. The Morgan fingerprint density at radius 3 is 2.17 bits per heavy atom. The molecule has 35 heavy (non-hydrogen) atoms. The Kier molecular flexibility index (Phi) is 8.16. The monoisotopic (exact) mass is 513 g/mol. The highest BCUT2D eigenvalue weighted by Gasteiger charge is 2.24. The number of ketones is 1. The first-order valence-electron chi connectivity index (χ1n) is 10.3. The van der Waals surface area contributed by atoms with Crippen LogP contribution in [0.15, 0.2) is 54.9 Å². The van der Waals surface area contributed by atoms with Gasteiger partial charge >= 0.3 is 0 Å². The van der Waals surface area contributed by atoms with E-state index in [0.717, 1.165) is 0 Å². The molecule has 9 nitrogen and oxygen atoms in total. The van der Waals surface area contributed by atoms with Crippen LogP contribution in [-0.2, 0) is 11.3 Å². The van der Waals surface area contributed by atoms with E-state index in [9.17, 15) is 19.2 Å². The van der Waals surface area contributed by atoms with Gasteiger partial charge in [0, 0.05) is 43.3 Å². The number of amides is 3. The number of nitrogens with two attached hydrogens (primary N) is 1. The van der Waals surface area contributed by atoms with Crippen LogP contribution in [-0.4, -0.2) is 52.5 Å². The lowest BCUT2D eigenvalue weighted by atomic mass is 10.1. The molecule has 0 radical (unpaired) electrons. The fourth-order valence-corrected chi connectivity index (χ4v) is 3.51. The molecule has 0 unspecified atom stereocenters. The van der Waals surface area contributed by atoms with Crippen molar-refractivity contribution in [3.63, 3.8) is 0 Å². The van der Waals surface area contributed by atoms with Crippen LogP contribution < -0.4 is 10.6 Å². The molecule has 0 aliphatic carbocycles. The van der Waals surface area contributed by atoms with Gasteiger partial charge in [0.25, 0.3) is 5.91 Å². The van der Waals surface area contributed by atoms with Crippen LogP contribution in [0.1, 0.15) is 43.3 Å². The van der Waals surface area contributed by atoms with E-state index in [4.69, 9.17) is 28.9 Å². The standard InChI is InChI=1S/C24H21Cl2N5O4/c1-30(2)24(35)16-9-15(22(27)34)10-17(11-16)31(13-14-4-5-18(25)19(26)8-14)21(33)12-20(32)23-28-6-3-7-29-23/h3-11H,12-13H2,1-2H3,(H2,27,34). The van der Waals surface area contributed by atoms with Crippen molar-refractivity contribution >= 4 is 52.4 Å². The Labute approximate surface area is 211 Å². The maximum absolute atomic E-state index is 13.4. The van der Waals surface area contributed by atoms with E-state index in [1.807, 2.05) is 0 Å². The summed E-state index contributed by atoms with van der Waals surface area (Å²) < 4.78 is 0. The van der Waals surface area contributed by atoms with Crippen LogP contribution in [0.5, 0.6) is 0 Å². The van der Waals surface area contributed by atoms with E-state index < -0.39 is 29.9 Å². The van der Waals surface area contributed by atoms with Crippen molar-refractivity contribution in [2.24, 2.45) is 5.73 Å². The Balaban J connectivity index is 2.07. The molecule has 0 bridgehead atoms. The predicted octanol–water partition coefficient (Wildman–Crippen LogP) is 3.39. The number of nitrogens with zero attached hydrogens (tertiary/aromatic N) is 4. The minimum atomic E-state index is -0.782. The van der Waals surface area contributed by atoms with Crippen molar-refractivity contribution in [3.05, 3.63) is 87.4 Å². The zero-order valence-corrected chi connectivity index (χ0v) is 20.4. The molecule has 0 saturated heterocycles. The zero-order chi connectivity index (χ0) is 25.7. The molecule has 1 heterocycles. The second kappa shape index (κ2) is 11.1. The van der Waals surface area contributed by atoms with E-state index in [0.29, 0.717) is 10.6 Å². The lowest BCUT2D eigenvalue weighted by Gasteiger charge is -2.24. The summed E-state index contributed by atoms with van der Waals surface area (Å²) in [5.74, 6) is -2.49. The molecule has 1 aromatic heterocycles. The first-order chi connectivity index (χ1) is 16.6. The minimum absolute atomic E-state index is 0.0253. The van der Waals surface area contributed by atoms with Crippen LogP contribution in [0, 0.1) is 0 Å². The number of carbonyl (C=O) groups excluding carboxylic acids is 4. The van der Waals surface area contributed by atoms with Crippen molar-refractivity contribution < 1.29 is 19.2 Å². The van der Waals surface area contributed by atoms with Crippen molar-refractivity contribution in [2.45, 2.75) is 13.0 Å². The average Bonchev–Trinajstić information content (AvgIpc) is 2.84. The summed E-state index contributed by atoms with van der Waals surface area (Å²) in [5, 5.41) is 0.610. The van der Waals surface area contributed by atoms with Gasteiger partial charge in [-0.3, -0.25) is 19.2 Å². The van der Waals surface area contributed by atoms with Crippen molar-refractivity contribution in [1.82, 2.24) is 14.9 Å². The molecule has 0 fully saturated rings. The van der Waals surface area contributed by atoms with Gasteiger partial charge in [0.1, 0.15) is 0 Å². The molecule has 3 rings (SSSR count). The Morgan fingerprint density at radius 1 is 0.914 bits per heavy atom. The van der Waals surface area contributed by atoms with Crippen molar-refractivity contribution in [2.75, 3.05) is 19.0 Å². The van der Waals surface area contributed by atoms with Gasteiger partial charge in [-0.25, -0.2) is 9.97 Å². The second-order valence-electron chi connectivity index (χ2n) is 7.73. The van der Waals surface area contributed by atoms with Crippen LogP contribution >= 0.6 is 23.2 Å². The number of aromatic nitrogens is 2. The first kappa shape index (κ1) is 25.8. The summed E-state index contributed by atoms with van der Waals surface area (Å²) in [4.78, 5) is 61.0. The van der Waals surface area contributed by atoms with Gasteiger partial charge in [-0.1, -0.05) is 29.3 Å². The molecule has 3 aromatic rings. The Hall–Kier alpha value is -3.82. The van der Waals surface area contributed by atoms with Gasteiger partial charge in [-0.15, -0.1) is 0 Å². The summed E-state index contributed by atoms with van der Waals surface area (Å²) in [5.41, 5.74) is 6.45. The molecule has 2 N–H and O–H groups in total. The maximum Gasteiger partial charge on any atom is 0.253 e. The number of anilines is 1. The molecule has 0 saturated carbocycles. The summed E-state index contributed by atoms with van der Waals surface area (Å²) in [6.45, 7) is -0.0313. The third-order valence-electron chi connectivity index (χ3n) is 4.92. The number of Topliss-reactive ketones (excluding diaryl/α,β-unsaturated/α-hetero) is 1. The number of halogens is 2. The van der Waals surface area contributed by atoms with E-state index in [1.165, 1.54) is 40.4 Å². The Morgan fingerprint density at radius 2 is 1.57 bits per heavy atom. The highest BCUT2D eigenvalue weighted by atomic mass is 35.5. The molecule has 2 aromatic carbocycles. The van der Waals surface area contributed by atoms with Gasteiger partial charge in [0.2, 0.25) is 17.6 Å². The van der Waals surface area contributed by atoms with Gasteiger partial charge in [0.05, 0.1) is 23.0 Å².